The number of ketones is 1. The van der Waals surface area contributed by atoms with Crippen LogP contribution in [0.5, 0.6) is 11.5 Å². The summed E-state index contributed by atoms with van der Waals surface area (Å²) in [6.07, 6.45) is 4.52. The highest BCUT2D eigenvalue weighted by molar-refractivity contribution is 6.06. The van der Waals surface area contributed by atoms with Gasteiger partial charge < -0.3 is 14.6 Å². The number of phenolic OH excluding ortho intramolecular Hbond substituents is 1. The Morgan fingerprint density at radius 2 is 2.08 bits per heavy atom. The monoisotopic (exact) mass is 325 g/mol. The highest BCUT2D eigenvalue weighted by Gasteiger charge is 2.72. The van der Waals surface area contributed by atoms with Crippen LogP contribution < -0.4 is 4.74 Å². The molecule has 1 N–H and O–H groups in total. The van der Waals surface area contributed by atoms with Crippen molar-refractivity contribution in [2.45, 2.75) is 23.3 Å². The Hall–Kier alpha value is -2.27. The van der Waals surface area contributed by atoms with Gasteiger partial charge in [0.2, 0.25) is 5.78 Å². The van der Waals surface area contributed by atoms with Crippen LogP contribution in [-0.2, 0) is 20.4 Å². The van der Waals surface area contributed by atoms with Crippen molar-refractivity contribution in [1.29, 1.82) is 0 Å². The van der Waals surface area contributed by atoms with E-state index in [1.54, 1.807) is 13.2 Å². The molecule has 0 radical (unpaired) electrons. The average Bonchev–Trinajstić information content (AvgIpc) is 2.96. The third kappa shape index (κ3) is 1.24. The van der Waals surface area contributed by atoms with Gasteiger partial charge in [-0.25, -0.2) is 0 Å². The van der Waals surface area contributed by atoms with Crippen LogP contribution in [0, 0.1) is 0 Å². The minimum Gasteiger partial charge on any atom is -0.504 e. The molecule has 1 aromatic carbocycles. The second-order valence-electron chi connectivity index (χ2n) is 7.34. The van der Waals surface area contributed by atoms with Gasteiger partial charge in [0.05, 0.1) is 14.2 Å². The number of carbonyl (C=O) groups excluding carboxylic acids is 1. The topological polar surface area (TPSA) is 59.0 Å². The first-order valence-corrected chi connectivity index (χ1v) is 8.13. The van der Waals surface area contributed by atoms with Gasteiger partial charge in [0.15, 0.2) is 17.3 Å². The number of ether oxygens (including phenoxy) is 2. The number of nitrogens with zero attached hydrogens (tertiary/aromatic N) is 1. The third-order valence-corrected chi connectivity index (χ3v) is 6.37. The lowest BCUT2D eigenvalue weighted by molar-refractivity contribution is -0.114. The van der Waals surface area contributed by atoms with Crippen LogP contribution in [0.2, 0.25) is 0 Å². The van der Waals surface area contributed by atoms with E-state index in [4.69, 9.17) is 9.47 Å². The summed E-state index contributed by atoms with van der Waals surface area (Å²) in [5.74, 6) is 0.921. The molecule has 2 spiro atoms. The number of carbonyl (C=O) groups is 1. The van der Waals surface area contributed by atoms with Crippen molar-refractivity contribution in [2.24, 2.45) is 0 Å². The van der Waals surface area contributed by atoms with E-state index in [0.717, 1.165) is 24.1 Å². The molecule has 1 heterocycles. The Morgan fingerprint density at radius 1 is 1.29 bits per heavy atom. The van der Waals surface area contributed by atoms with Crippen molar-refractivity contribution in [3.05, 3.63) is 46.7 Å². The van der Waals surface area contributed by atoms with Gasteiger partial charge in [0.25, 0.3) is 0 Å². The third-order valence-electron chi connectivity index (χ3n) is 6.37. The zero-order valence-electron chi connectivity index (χ0n) is 13.9. The normalized spacial score (nSPS) is 35.5. The maximum absolute atomic E-state index is 12.4. The predicted octanol–water partition coefficient (Wildman–Crippen LogP) is 1.65. The van der Waals surface area contributed by atoms with E-state index in [-0.39, 0.29) is 23.0 Å². The molecular weight excluding hydrogens is 306 g/mol. The van der Waals surface area contributed by atoms with Gasteiger partial charge >= 0.3 is 0 Å². The maximum Gasteiger partial charge on any atom is 0.220 e. The van der Waals surface area contributed by atoms with Crippen LogP contribution in [0.15, 0.2) is 35.6 Å². The Kier molecular flexibility index (Phi) is 2.37. The maximum atomic E-state index is 12.4. The van der Waals surface area contributed by atoms with Crippen LogP contribution in [0.1, 0.15) is 17.5 Å². The number of likely N-dealkylation sites (N-methyl/N-ethyl adjacent to an activating group) is 1. The van der Waals surface area contributed by atoms with Gasteiger partial charge in [0.1, 0.15) is 0 Å². The molecule has 124 valence electrons. The van der Waals surface area contributed by atoms with Gasteiger partial charge in [-0.3, -0.25) is 9.69 Å². The van der Waals surface area contributed by atoms with Gasteiger partial charge in [-0.05, 0) is 42.8 Å². The first kappa shape index (κ1) is 14.1. The molecule has 3 aliphatic carbocycles. The second kappa shape index (κ2) is 4.03. The fourth-order valence-corrected chi connectivity index (χ4v) is 5.71. The molecule has 3 atom stereocenters. The molecular formula is C19H19NO4. The number of benzene rings is 1. The zero-order chi connectivity index (χ0) is 16.9. The first-order valence-electron chi connectivity index (χ1n) is 8.13. The number of rotatable bonds is 2. The van der Waals surface area contributed by atoms with Crippen molar-refractivity contribution < 1.29 is 19.4 Å². The first-order chi connectivity index (χ1) is 11.5. The molecule has 1 aliphatic heterocycles. The lowest BCUT2D eigenvalue weighted by Gasteiger charge is -2.55. The smallest absolute Gasteiger partial charge is 0.220 e. The zero-order valence-corrected chi connectivity index (χ0v) is 13.9. The number of phenols is 1. The summed E-state index contributed by atoms with van der Waals surface area (Å²) in [5.41, 5.74) is 2.65. The van der Waals surface area contributed by atoms with Crippen LogP contribution >= 0.6 is 0 Å². The summed E-state index contributed by atoms with van der Waals surface area (Å²) < 4.78 is 10.7. The Bertz CT molecular complexity index is 870. The van der Waals surface area contributed by atoms with Gasteiger partial charge in [-0.1, -0.05) is 6.07 Å². The van der Waals surface area contributed by atoms with E-state index in [0.29, 0.717) is 11.5 Å². The SMILES string of the molecule is COC1=CC23CC4(CN(C)C4C2=CC1=O)c1ccc(OC)c(O)c13. The Morgan fingerprint density at radius 3 is 2.75 bits per heavy atom. The van der Waals surface area contributed by atoms with Crippen molar-refractivity contribution in [3.63, 3.8) is 0 Å². The molecule has 0 aromatic heterocycles. The number of hydrogen-bond acceptors (Lipinski definition) is 5. The Labute approximate surface area is 140 Å². The number of fused-ring (bicyclic) bond motifs is 2. The van der Waals surface area contributed by atoms with Gasteiger partial charge in [-0.2, -0.15) is 0 Å². The lowest BCUT2D eigenvalue weighted by atomic mass is 9.64. The lowest BCUT2D eigenvalue weighted by Crippen LogP contribution is -2.64. The molecule has 1 aromatic rings. The van der Waals surface area contributed by atoms with Crippen LogP contribution in [-0.4, -0.2) is 49.6 Å². The van der Waals surface area contributed by atoms with Gasteiger partial charge in [0, 0.05) is 29.0 Å². The molecule has 5 heteroatoms. The largest absolute Gasteiger partial charge is 0.504 e. The molecule has 2 bridgehead atoms. The minimum absolute atomic E-state index is 0.0281. The highest BCUT2D eigenvalue weighted by Crippen LogP contribution is 2.71. The fraction of sp³-hybridized carbons (Fsp3) is 0.421. The van der Waals surface area contributed by atoms with Gasteiger partial charge in [-0.15, -0.1) is 0 Å². The summed E-state index contributed by atoms with van der Waals surface area (Å²) in [5, 5.41) is 10.9. The standard InChI is InChI=1S/C19H19NO4/c1-20-9-19-8-18(15-10(19)4-5-13(23-2)16(15)22)7-14(24-3)12(21)6-11(18)17(19)20/h4-7,17,22H,8-9H2,1-3H3. The molecule has 24 heavy (non-hydrogen) atoms. The van der Waals surface area contributed by atoms with Crippen molar-refractivity contribution in [1.82, 2.24) is 4.90 Å². The van der Waals surface area contributed by atoms with E-state index in [2.05, 4.69) is 18.0 Å². The van der Waals surface area contributed by atoms with E-state index in [9.17, 15) is 9.90 Å². The summed E-state index contributed by atoms with van der Waals surface area (Å²) in [7, 11) is 5.17. The fourth-order valence-electron chi connectivity index (χ4n) is 5.71. The second-order valence-corrected chi connectivity index (χ2v) is 7.34. The van der Waals surface area contributed by atoms with E-state index in [1.807, 2.05) is 12.1 Å². The molecule has 0 amide bonds. The molecule has 1 saturated heterocycles. The van der Waals surface area contributed by atoms with Crippen LogP contribution in [0.25, 0.3) is 0 Å². The summed E-state index contributed by atoms with van der Waals surface area (Å²) in [4.78, 5) is 14.7. The highest BCUT2D eigenvalue weighted by atomic mass is 16.5. The number of aromatic hydroxyl groups is 1. The summed E-state index contributed by atoms with van der Waals surface area (Å²) >= 11 is 0. The number of hydrogen-bond donors (Lipinski definition) is 1. The number of allylic oxidation sites excluding steroid dienone is 2. The van der Waals surface area contributed by atoms with E-state index in [1.165, 1.54) is 12.7 Å². The van der Waals surface area contributed by atoms with Crippen molar-refractivity contribution >= 4 is 5.78 Å². The average molecular weight is 325 g/mol. The van der Waals surface area contributed by atoms with Crippen LogP contribution in [0.4, 0.5) is 0 Å². The molecule has 4 aliphatic rings. The Balaban J connectivity index is 1.85. The van der Waals surface area contributed by atoms with E-state index < -0.39 is 5.41 Å². The number of likely N-dealkylation sites (tertiary alicyclic amines) is 1. The molecule has 5 nitrogen and oxygen atoms in total. The quantitative estimate of drug-likeness (QED) is 0.896. The van der Waals surface area contributed by atoms with Crippen molar-refractivity contribution in [3.8, 4) is 11.5 Å². The van der Waals surface area contributed by atoms with Crippen LogP contribution in [0.3, 0.4) is 0 Å². The van der Waals surface area contributed by atoms with E-state index >= 15 is 0 Å². The predicted molar refractivity (Wildman–Crippen MR) is 87.2 cm³/mol. The van der Waals surface area contributed by atoms with Crippen molar-refractivity contribution in [2.75, 3.05) is 27.8 Å². The minimum atomic E-state index is -0.470. The summed E-state index contributed by atoms with van der Waals surface area (Å²) in [6.45, 7) is 0.930. The molecule has 3 unspecified atom stereocenters. The number of methoxy groups -OCH3 is 2. The molecule has 2 fully saturated rings. The summed E-state index contributed by atoms with van der Waals surface area (Å²) in [6, 6.07) is 4.14. The molecule has 1 saturated carbocycles. The molecule has 5 rings (SSSR count).